The van der Waals surface area contributed by atoms with Gasteiger partial charge >= 0.3 is 0 Å². The van der Waals surface area contributed by atoms with Crippen molar-refractivity contribution in [2.24, 2.45) is 4.99 Å². The van der Waals surface area contributed by atoms with Crippen molar-refractivity contribution in [1.82, 2.24) is 15.6 Å². The van der Waals surface area contributed by atoms with Crippen molar-refractivity contribution in [3.63, 3.8) is 0 Å². The van der Waals surface area contributed by atoms with Crippen molar-refractivity contribution in [2.75, 3.05) is 12.1 Å². The quantitative estimate of drug-likeness (QED) is 0.924. The molecule has 1 N–H and O–H groups in total. The average Bonchev–Trinajstić information content (AvgIpc) is 2.47. The van der Waals surface area contributed by atoms with E-state index < -0.39 is 0 Å². The van der Waals surface area contributed by atoms with Gasteiger partial charge in [-0.25, -0.2) is 0 Å². The SMILES string of the molecule is CN1NC(=NCc2ccccc2)Sc2c1cnnc2Cl. The number of halogens is 1. The number of fused-ring (bicyclic) bond motifs is 1. The first-order chi connectivity index (χ1) is 9.74. The minimum absolute atomic E-state index is 0.397. The zero-order valence-electron chi connectivity index (χ0n) is 10.7. The Morgan fingerprint density at radius 2 is 2.15 bits per heavy atom. The third kappa shape index (κ3) is 2.71. The fourth-order valence-electron chi connectivity index (χ4n) is 1.81. The zero-order valence-corrected chi connectivity index (χ0v) is 12.3. The van der Waals surface area contributed by atoms with Crippen LogP contribution >= 0.6 is 23.4 Å². The molecule has 1 aliphatic rings. The van der Waals surface area contributed by atoms with Crippen LogP contribution in [-0.4, -0.2) is 22.4 Å². The number of hydrogen-bond acceptors (Lipinski definition) is 5. The molecule has 0 fully saturated rings. The lowest BCUT2D eigenvalue weighted by Gasteiger charge is -2.28. The van der Waals surface area contributed by atoms with Crippen LogP contribution in [0.3, 0.4) is 0 Å². The fourth-order valence-corrected chi connectivity index (χ4v) is 3.00. The number of aliphatic imine (C=N–C) groups is 1. The maximum Gasteiger partial charge on any atom is 0.180 e. The molecule has 0 bridgehead atoms. The first kappa shape index (κ1) is 13.2. The van der Waals surface area contributed by atoms with Crippen LogP contribution in [0.15, 0.2) is 46.4 Å². The fraction of sp³-hybridized carbons (Fsp3) is 0.154. The number of nitrogens with zero attached hydrogens (tertiary/aromatic N) is 4. The van der Waals surface area contributed by atoms with Gasteiger partial charge in [-0.05, 0) is 17.3 Å². The zero-order chi connectivity index (χ0) is 13.9. The van der Waals surface area contributed by atoms with E-state index in [4.69, 9.17) is 11.6 Å². The molecule has 102 valence electrons. The first-order valence-electron chi connectivity index (χ1n) is 6.02. The van der Waals surface area contributed by atoms with E-state index >= 15 is 0 Å². The number of thioether (sulfide) groups is 1. The van der Waals surface area contributed by atoms with Gasteiger partial charge in [0.1, 0.15) is 0 Å². The lowest BCUT2D eigenvalue weighted by molar-refractivity contribution is 0.838. The van der Waals surface area contributed by atoms with Gasteiger partial charge in [0.05, 0.1) is 23.3 Å². The Kier molecular flexibility index (Phi) is 3.75. The molecule has 1 aromatic carbocycles. The summed E-state index contributed by atoms with van der Waals surface area (Å²) in [5, 5.41) is 10.7. The summed E-state index contributed by atoms with van der Waals surface area (Å²) in [6.07, 6.45) is 1.68. The third-order valence-electron chi connectivity index (χ3n) is 2.82. The molecule has 0 saturated carbocycles. The molecular weight excluding hydrogens is 294 g/mol. The predicted molar refractivity (Wildman–Crippen MR) is 82.0 cm³/mol. The number of amidine groups is 1. The molecule has 0 aliphatic carbocycles. The Labute approximate surface area is 126 Å². The highest BCUT2D eigenvalue weighted by atomic mass is 35.5. The first-order valence-corrected chi connectivity index (χ1v) is 7.21. The van der Waals surface area contributed by atoms with E-state index in [0.717, 1.165) is 21.3 Å². The van der Waals surface area contributed by atoms with Gasteiger partial charge in [-0.15, -0.1) is 5.10 Å². The van der Waals surface area contributed by atoms with Gasteiger partial charge in [-0.2, -0.15) is 5.10 Å². The minimum Gasteiger partial charge on any atom is -0.286 e. The molecule has 5 nitrogen and oxygen atoms in total. The molecule has 0 radical (unpaired) electrons. The Hall–Kier alpha value is -1.79. The topological polar surface area (TPSA) is 53.4 Å². The molecule has 1 aromatic heterocycles. The molecule has 0 spiro atoms. The van der Waals surface area contributed by atoms with E-state index in [1.165, 1.54) is 11.8 Å². The average molecular weight is 306 g/mol. The molecule has 20 heavy (non-hydrogen) atoms. The van der Waals surface area contributed by atoms with Crippen molar-refractivity contribution < 1.29 is 0 Å². The summed E-state index contributed by atoms with van der Waals surface area (Å²) < 4.78 is 0. The second kappa shape index (κ2) is 5.68. The Bertz CT molecular complexity index is 646. The number of nitrogens with one attached hydrogen (secondary N) is 1. The molecule has 2 aromatic rings. The highest BCUT2D eigenvalue weighted by molar-refractivity contribution is 8.14. The Morgan fingerprint density at radius 3 is 2.95 bits per heavy atom. The van der Waals surface area contributed by atoms with Gasteiger partial charge in [0.15, 0.2) is 10.3 Å². The highest BCUT2D eigenvalue weighted by Gasteiger charge is 2.22. The number of rotatable bonds is 2. The molecule has 1 aliphatic heterocycles. The van der Waals surface area contributed by atoms with Crippen LogP contribution < -0.4 is 10.4 Å². The highest BCUT2D eigenvalue weighted by Crippen LogP contribution is 2.36. The maximum absolute atomic E-state index is 6.09. The smallest absolute Gasteiger partial charge is 0.180 e. The number of benzene rings is 1. The van der Waals surface area contributed by atoms with Crippen LogP contribution in [0.5, 0.6) is 0 Å². The number of hydrogen-bond donors (Lipinski definition) is 1. The molecular formula is C13H12ClN5S. The van der Waals surface area contributed by atoms with E-state index in [2.05, 4.69) is 20.6 Å². The molecule has 0 unspecified atom stereocenters. The van der Waals surface area contributed by atoms with Gasteiger partial charge in [-0.3, -0.25) is 15.4 Å². The van der Waals surface area contributed by atoms with E-state index in [1.54, 1.807) is 6.20 Å². The largest absolute Gasteiger partial charge is 0.286 e. The molecule has 3 rings (SSSR count). The van der Waals surface area contributed by atoms with E-state index in [1.807, 2.05) is 42.4 Å². The Balaban J connectivity index is 1.82. The van der Waals surface area contributed by atoms with E-state index in [9.17, 15) is 0 Å². The summed E-state index contributed by atoms with van der Waals surface area (Å²) >= 11 is 7.56. The number of hydrazine groups is 1. The monoisotopic (exact) mass is 305 g/mol. The number of aromatic nitrogens is 2. The lowest BCUT2D eigenvalue weighted by atomic mass is 10.2. The van der Waals surface area contributed by atoms with Gasteiger partial charge in [-0.1, -0.05) is 41.9 Å². The molecule has 0 saturated heterocycles. The lowest BCUT2D eigenvalue weighted by Crippen LogP contribution is -2.41. The summed E-state index contributed by atoms with van der Waals surface area (Å²) in [5.74, 6) is 0. The summed E-state index contributed by atoms with van der Waals surface area (Å²) in [6, 6.07) is 10.1. The molecule has 0 atom stereocenters. The van der Waals surface area contributed by atoms with Crippen molar-refractivity contribution >= 4 is 34.2 Å². The second-order valence-electron chi connectivity index (χ2n) is 4.23. The van der Waals surface area contributed by atoms with Crippen LogP contribution in [0.25, 0.3) is 0 Å². The van der Waals surface area contributed by atoms with Crippen molar-refractivity contribution in [3.05, 3.63) is 47.2 Å². The predicted octanol–water partition coefficient (Wildman–Crippen LogP) is 2.73. The van der Waals surface area contributed by atoms with Crippen LogP contribution in [-0.2, 0) is 6.54 Å². The minimum atomic E-state index is 0.397. The van der Waals surface area contributed by atoms with Gasteiger partial charge in [0.25, 0.3) is 0 Å². The van der Waals surface area contributed by atoms with Crippen LogP contribution in [0.2, 0.25) is 5.15 Å². The van der Waals surface area contributed by atoms with Gasteiger partial charge in [0, 0.05) is 7.05 Å². The summed E-state index contributed by atoms with van der Waals surface area (Å²) in [7, 11) is 1.90. The third-order valence-corrected chi connectivity index (χ3v) is 4.21. The second-order valence-corrected chi connectivity index (χ2v) is 5.59. The Morgan fingerprint density at radius 1 is 1.35 bits per heavy atom. The van der Waals surface area contributed by atoms with Crippen molar-refractivity contribution in [1.29, 1.82) is 0 Å². The molecule has 2 heterocycles. The van der Waals surface area contributed by atoms with Crippen LogP contribution in [0.4, 0.5) is 5.69 Å². The maximum atomic E-state index is 6.09. The van der Waals surface area contributed by atoms with Gasteiger partial charge < -0.3 is 0 Å². The molecule has 7 heteroatoms. The summed E-state index contributed by atoms with van der Waals surface area (Å²) in [6.45, 7) is 0.621. The van der Waals surface area contributed by atoms with E-state index in [-0.39, 0.29) is 0 Å². The van der Waals surface area contributed by atoms with Gasteiger partial charge in [0.2, 0.25) is 0 Å². The normalized spacial score (nSPS) is 15.9. The van der Waals surface area contributed by atoms with Crippen molar-refractivity contribution in [3.8, 4) is 0 Å². The number of anilines is 1. The summed E-state index contributed by atoms with van der Waals surface area (Å²) in [5.41, 5.74) is 5.25. The van der Waals surface area contributed by atoms with Crippen molar-refractivity contribution in [2.45, 2.75) is 11.4 Å². The van der Waals surface area contributed by atoms with Crippen LogP contribution in [0, 0.1) is 0 Å². The summed E-state index contributed by atoms with van der Waals surface area (Å²) in [4.78, 5) is 5.43. The van der Waals surface area contributed by atoms with Crippen LogP contribution in [0.1, 0.15) is 5.56 Å². The standard InChI is InChI=1S/C13H12ClN5S/c1-19-10-8-16-17-12(14)11(10)20-13(18-19)15-7-9-5-3-2-4-6-9/h2-6,8H,7H2,1H3,(H,15,18). The molecule has 0 amide bonds. The van der Waals surface area contributed by atoms with E-state index in [0.29, 0.717) is 11.7 Å².